The molecule has 1 aromatic rings. The molecular formula is C16H23ClN2O. The van der Waals surface area contributed by atoms with Gasteiger partial charge in [-0.25, -0.2) is 0 Å². The van der Waals surface area contributed by atoms with Gasteiger partial charge in [0.05, 0.1) is 0 Å². The van der Waals surface area contributed by atoms with Crippen LogP contribution in [0.15, 0.2) is 30.3 Å². The first-order valence-corrected chi connectivity index (χ1v) is 7.39. The highest BCUT2D eigenvalue weighted by atomic mass is 35.5. The number of hydrogen-bond donors (Lipinski definition) is 1. The van der Waals surface area contributed by atoms with E-state index < -0.39 is 0 Å². The summed E-state index contributed by atoms with van der Waals surface area (Å²) in [5.41, 5.74) is 1.31. The highest BCUT2D eigenvalue weighted by Gasteiger charge is 2.43. The summed E-state index contributed by atoms with van der Waals surface area (Å²) in [6.45, 7) is 4.21. The summed E-state index contributed by atoms with van der Waals surface area (Å²) in [5.74, 6) is 0.905. The van der Waals surface area contributed by atoms with Crippen molar-refractivity contribution in [1.82, 2.24) is 10.2 Å². The first-order valence-electron chi connectivity index (χ1n) is 7.39. The summed E-state index contributed by atoms with van der Waals surface area (Å²) in [4.78, 5) is 14.5. The summed E-state index contributed by atoms with van der Waals surface area (Å²) in [6, 6.07) is 10.4. The Hall–Kier alpha value is -1.06. The highest BCUT2D eigenvalue weighted by molar-refractivity contribution is 5.85. The lowest BCUT2D eigenvalue weighted by Crippen LogP contribution is -2.34. The zero-order chi connectivity index (χ0) is 13.1. The molecule has 3 rings (SSSR count). The van der Waals surface area contributed by atoms with Crippen LogP contribution in [0.5, 0.6) is 0 Å². The molecular weight excluding hydrogens is 272 g/mol. The Morgan fingerprint density at radius 2 is 1.90 bits per heavy atom. The summed E-state index contributed by atoms with van der Waals surface area (Å²) >= 11 is 0. The molecule has 2 aliphatic rings. The minimum atomic E-state index is 0. The van der Waals surface area contributed by atoms with Crippen LogP contribution < -0.4 is 5.32 Å². The van der Waals surface area contributed by atoms with Crippen LogP contribution in [0.3, 0.4) is 0 Å². The van der Waals surface area contributed by atoms with Gasteiger partial charge in [0.1, 0.15) is 0 Å². The number of benzene rings is 1. The Morgan fingerprint density at radius 3 is 2.60 bits per heavy atom. The molecule has 1 amide bonds. The highest BCUT2D eigenvalue weighted by Crippen LogP contribution is 2.47. The zero-order valence-corrected chi connectivity index (χ0v) is 12.6. The molecule has 3 nitrogen and oxygen atoms in total. The number of carbonyl (C=O) groups excluding carboxylic acids is 1. The van der Waals surface area contributed by atoms with Crippen LogP contribution in [0, 0.1) is 5.92 Å². The number of rotatable bonds is 5. The van der Waals surface area contributed by atoms with Gasteiger partial charge in [-0.15, -0.1) is 12.4 Å². The lowest BCUT2D eigenvalue weighted by Gasteiger charge is -2.14. The van der Waals surface area contributed by atoms with Gasteiger partial charge >= 0.3 is 0 Å². The van der Waals surface area contributed by atoms with Crippen LogP contribution in [-0.2, 0) is 4.79 Å². The van der Waals surface area contributed by atoms with Crippen molar-refractivity contribution in [3.05, 3.63) is 35.9 Å². The molecule has 1 aromatic carbocycles. The van der Waals surface area contributed by atoms with Gasteiger partial charge in [0.2, 0.25) is 5.91 Å². The third-order valence-corrected chi connectivity index (χ3v) is 4.28. The quantitative estimate of drug-likeness (QED) is 0.904. The zero-order valence-electron chi connectivity index (χ0n) is 11.8. The number of carbonyl (C=O) groups is 1. The molecule has 0 radical (unpaired) electrons. The van der Waals surface area contributed by atoms with Crippen molar-refractivity contribution in [2.45, 2.75) is 25.2 Å². The lowest BCUT2D eigenvalue weighted by molar-refractivity contribution is -0.122. The van der Waals surface area contributed by atoms with Gasteiger partial charge in [0, 0.05) is 19.0 Å². The standard InChI is InChI=1S/C16H22N2O.ClH/c19-16(17-8-11-18-9-4-5-10-18)15-12-14(15)13-6-2-1-3-7-13;/h1-3,6-7,14-15H,4-5,8-12H2,(H,17,19);1H/t14-,15+;/m0./s1. The normalized spacial score (nSPS) is 25.0. The van der Waals surface area contributed by atoms with E-state index in [0.29, 0.717) is 5.92 Å². The number of hydrogen-bond acceptors (Lipinski definition) is 2. The van der Waals surface area contributed by atoms with Crippen molar-refractivity contribution < 1.29 is 4.79 Å². The maximum Gasteiger partial charge on any atom is 0.223 e. The van der Waals surface area contributed by atoms with Gasteiger partial charge in [-0.05, 0) is 43.8 Å². The summed E-state index contributed by atoms with van der Waals surface area (Å²) in [7, 11) is 0. The third-order valence-electron chi connectivity index (χ3n) is 4.28. The monoisotopic (exact) mass is 294 g/mol. The molecule has 1 N–H and O–H groups in total. The third kappa shape index (κ3) is 3.74. The van der Waals surface area contributed by atoms with Crippen molar-refractivity contribution in [3.63, 3.8) is 0 Å². The van der Waals surface area contributed by atoms with E-state index in [4.69, 9.17) is 0 Å². The van der Waals surface area contributed by atoms with Crippen molar-refractivity contribution in [1.29, 1.82) is 0 Å². The smallest absolute Gasteiger partial charge is 0.223 e. The Balaban J connectivity index is 0.00000147. The number of halogens is 1. The number of amides is 1. The number of nitrogens with one attached hydrogen (secondary N) is 1. The fourth-order valence-corrected chi connectivity index (χ4v) is 3.03. The van der Waals surface area contributed by atoms with Crippen LogP contribution in [-0.4, -0.2) is 37.0 Å². The van der Waals surface area contributed by atoms with E-state index in [9.17, 15) is 4.79 Å². The maximum absolute atomic E-state index is 12.0. The Bertz CT molecular complexity index is 431. The van der Waals surface area contributed by atoms with E-state index in [-0.39, 0.29) is 24.2 Å². The van der Waals surface area contributed by atoms with Gasteiger partial charge in [0.15, 0.2) is 0 Å². The van der Waals surface area contributed by atoms with Gasteiger partial charge in [-0.3, -0.25) is 4.79 Å². The second-order valence-electron chi connectivity index (χ2n) is 5.70. The molecule has 20 heavy (non-hydrogen) atoms. The predicted octanol–water partition coefficient (Wildman–Crippen LogP) is 2.42. The van der Waals surface area contributed by atoms with Crippen molar-refractivity contribution in [2.24, 2.45) is 5.92 Å². The topological polar surface area (TPSA) is 32.3 Å². The second-order valence-corrected chi connectivity index (χ2v) is 5.70. The molecule has 4 heteroatoms. The average molecular weight is 295 g/mol. The van der Waals surface area contributed by atoms with Gasteiger partial charge < -0.3 is 10.2 Å². The Morgan fingerprint density at radius 1 is 1.20 bits per heavy atom. The summed E-state index contributed by atoms with van der Waals surface area (Å²) in [6.07, 6.45) is 3.64. The van der Waals surface area contributed by atoms with Crippen molar-refractivity contribution >= 4 is 18.3 Å². The van der Waals surface area contributed by atoms with Gasteiger partial charge in [0.25, 0.3) is 0 Å². The minimum Gasteiger partial charge on any atom is -0.355 e. The average Bonchev–Trinajstić information content (AvgIpc) is 3.09. The number of likely N-dealkylation sites (tertiary alicyclic amines) is 1. The first-order chi connectivity index (χ1) is 9.34. The van der Waals surface area contributed by atoms with Crippen LogP contribution in [0.25, 0.3) is 0 Å². The van der Waals surface area contributed by atoms with E-state index in [1.165, 1.54) is 31.5 Å². The van der Waals surface area contributed by atoms with E-state index in [1.54, 1.807) is 0 Å². The van der Waals surface area contributed by atoms with Gasteiger partial charge in [-0.1, -0.05) is 30.3 Å². The molecule has 0 bridgehead atoms. The molecule has 0 unspecified atom stereocenters. The van der Waals surface area contributed by atoms with Crippen LogP contribution in [0.2, 0.25) is 0 Å². The van der Waals surface area contributed by atoms with Gasteiger partial charge in [-0.2, -0.15) is 0 Å². The molecule has 1 aliphatic carbocycles. The molecule has 1 heterocycles. The van der Waals surface area contributed by atoms with Crippen molar-refractivity contribution in [3.8, 4) is 0 Å². The van der Waals surface area contributed by atoms with E-state index in [0.717, 1.165) is 19.5 Å². The molecule has 2 fully saturated rings. The predicted molar refractivity (Wildman–Crippen MR) is 83.2 cm³/mol. The van der Waals surface area contributed by atoms with Crippen LogP contribution in [0.1, 0.15) is 30.7 Å². The summed E-state index contributed by atoms with van der Waals surface area (Å²) in [5, 5.41) is 3.09. The van der Waals surface area contributed by atoms with Crippen LogP contribution >= 0.6 is 12.4 Å². The van der Waals surface area contributed by atoms with E-state index in [1.807, 2.05) is 6.07 Å². The molecule has 1 aliphatic heterocycles. The SMILES string of the molecule is Cl.O=C(NCCN1CCCC1)[C@@H]1C[C@H]1c1ccccc1. The maximum atomic E-state index is 12.0. The van der Waals surface area contributed by atoms with Crippen LogP contribution in [0.4, 0.5) is 0 Å². The molecule has 2 atom stereocenters. The second kappa shape index (κ2) is 7.09. The molecule has 0 aromatic heterocycles. The lowest BCUT2D eigenvalue weighted by atomic mass is 10.1. The fraction of sp³-hybridized carbons (Fsp3) is 0.562. The largest absolute Gasteiger partial charge is 0.355 e. The Labute approximate surface area is 127 Å². The van der Waals surface area contributed by atoms with E-state index in [2.05, 4.69) is 34.5 Å². The minimum absolute atomic E-state index is 0. The van der Waals surface area contributed by atoms with Crippen molar-refractivity contribution in [2.75, 3.05) is 26.2 Å². The molecule has 0 spiro atoms. The first kappa shape index (κ1) is 15.3. The fourth-order valence-electron chi connectivity index (χ4n) is 3.03. The molecule has 1 saturated carbocycles. The molecule has 1 saturated heterocycles. The molecule has 110 valence electrons. The number of nitrogens with zero attached hydrogens (tertiary/aromatic N) is 1. The van der Waals surface area contributed by atoms with E-state index >= 15 is 0 Å². The summed E-state index contributed by atoms with van der Waals surface area (Å²) < 4.78 is 0. The Kier molecular flexibility index (Phi) is 5.44.